The number of amides is 1. The van der Waals surface area contributed by atoms with Crippen molar-refractivity contribution in [1.82, 2.24) is 20.1 Å². The van der Waals surface area contributed by atoms with E-state index in [9.17, 15) is 13.2 Å². The van der Waals surface area contributed by atoms with E-state index in [1.807, 2.05) is 0 Å². The van der Waals surface area contributed by atoms with Gasteiger partial charge in [0, 0.05) is 13.1 Å². The van der Waals surface area contributed by atoms with Crippen LogP contribution >= 0.6 is 0 Å². The maximum absolute atomic E-state index is 12.2. The smallest absolute Gasteiger partial charge is 0.252 e. The number of carbonyl (C=O) groups excluding carboxylic acids is 1. The molecule has 0 radical (unpaired) electrons. The summed E-state index contributed by atoms with van der Waals surface area (Å²) in [6.07, 6.45) is 5.51. The zero-order chi connectivity index (χ0) is 16.6. The number of allylic oxidation sites excluding steroid dienone is 1. The van der Waals surface area contributed by atoms with Gasteiger partial charge in [-0.05, 0) is 6.42 Å². The Balaban J connectivity index is 2.63. The molecular formula is C13H23N5O3S. The molecule has 0 saturated carbocycles. The highest BCUT2D eigenvalue weighted by Gasteiger charge is 2.26. The average molecular weight is 329 g/mol. The van der Waals surface area contributed by atoms with Gasteiger partial charge in [0.15, 0.2) is 0 Å². The van der Waals surface area contributed by atoms with Crippen molar-refractivity contribution in [2.45, 2.75) is 44.3 Å². The number of nitrogens with two attached hydrogens (primary N) is 1. The van der Waals surface area contributed by atoms with Crippen LogP contribution in [0.3, 0.4) is 0 Å². The minimum atomic E-state index is -3.89. The van der Waals surface area contributed by atoms with Crippen molar-refractivity contribution in [3.63, 3.8) is 0 Å². The van der Waals surface area contributed by atoms with Crippen LogP contribution in [-0.2, 0) is 21.2 Å². The van der Waals surface area contributed by atoms with Gasteiger partial charge in [-0.2, -0.15) is 0 Å². The lowest BCUT2D eigenvalue weighted by Crippen LogP contribution is -2.32. The van der Waals surface area contributed by atoms with Crippen LogP contribution in [0.2, 0.25) is 0 Å². The van der Waals surface area contributed by atoms with Gasteiger partial charge in [-0.25, -0.2) is 8.42 Å². The topological polar surface area (TPSA) is 120 Å². The van der Waals surface area contributed by atoms with E-state index >= 15 is 0 Å². The van der Waals surface area contributed by atoms with Gasteiger partial charge < -0.3 is 11.1 Å². The summed E-state index contributed by atoms with van der Waals surface area (Å²) < 4.78 is 25.6. The van der Waals surface area contributed by atoms with Gasteiger partial charge in [0.2, 0.25) is 21.7 Å². The highest BCUT2D eigenvalue weighted by molar-refractivity contribution is 7.91. The fourth-order valence-corrected chi connectivity index (χ4v) is 3.14. The van der Waals surface area contributed by atoms with Crippen LogP contribution in [0.5, 0.6) is 0 Å². The molecule has 1 aromatic heterocycles. The Morgan fingerprint density at radius 3 is 2.73 bits per heavy atom. The predicted molar refractivity (Wildman–Crippen MR) is 83.8 cm³/mol. The molecule has 1 amide bonds. The highest BCUT2D eigenvalue weighted by atomic mass is 32.2. The van der Waals surface area contributed by atoms with Gasteiger partial charge in [-0.1, -0.05) is 32.3 Å². The summed E-state index contributed by atoms with van der Waals surface area (Å²) in [4.78, 5) is 11.7. The van der Waals surface area contributed by atoms with Crippen molar-refractivity contribution in [2.75, 3.05) is 18.0 Å². The first kappa shape index (κ1) is 18.1. The summed E-state index contributed by atoms with van der Waals surface area (Å²) in [5, 5.41) is 9.37. The molecule has 0 bridgehead atoms. The van der Waals surface area contributed by atoms with Gasteiger partial charge in [-0.15, -0.1) is 16.8 Å². The van der Waals surface area contributed by atoms with E-state index in [4.69, 9.17) is 5.73 Å². The van der Waals surface area contributed by atoms with Gasteiger partial charge >= 0.3 is 0 Å². The summed E-state index contributed by atoms with van der Waals surface area (Å²) in [7, 11) is -3.89. The van der Waals surface area contributed by atoms with E-state index in [0.717, 1.165) is 25.7 Å². The second-order valence-electron chi connectivity index (χ2n) is 4.91. The first-order valence-electron chi connectivity index (χ1n) is 7.21. The number of nitrogen functional groups attached to an aromatic ring is 1. The third-order valence-electron chi connectivity index (χ3n) is 3.01. The van der Waals surface area contributed by atoms with Crippen molar-refractivity contribution in [3.05, 3.63) is 12.7 Å². The number of nitrogens with one attached hydrogen (secondary N) is 1. The van der Waals surface area contributed by atoms with Crippen LogP contribution in [-0.4, -0.2) is 41.4 Å². The van der Waals surface area contributed by atoms with E-state index in [2.05, 4.69) is 29.0 Å². The third-order valence-corrected chi connectivity index (χ3v) is 4.51. The predicted octanol–water partition coefficient (Wildman–Crippen LogP) is 0.516. The quantitative estimate of drug-likeness (QED) is 0.477. The molecule has 0 aliphatic heterocycles. The molecule has 1 heterocycles. The maximum Gasteiger partial charge on any atom is 0.252 e. The zero-order valence-corrected chi connectivity index (χ0v) is 13.6. The molecule has 8 nitrogen and oxygen atoms in total. The fourth-order valence-electron chi connectivity index (χ4n) is 1.90. The van der Waals surface area contributed by atoms with Crippen LogP contribution in [0.15, 0.2) is 17.8 Å². The largest absolute Gasteiger partial charge is 0.368 e. The first-order valence-corrected chi connectivity index (χ1v) is 8.86. The van der Waals surface area contributed by atoms with Crippen molar-refractivity contribution in [2.24, 2.45) is 0 Å². The molecule has 0 saturated heterocycles. The molecule has 0 aliphatic carbocycles. The lowest BCUT2D eigenvalue weighted by atomic mass is 10.2. The van der Waals surface area contributed by atoms with Gasteiger partial charge in [0.25, 0.3) is 5.16 Å². The summed E-state index contributed by atoms with van der Waals surface area (Å²) in [5.74, 6) is -1.25. The average Bonchev–Trinajstić information content (AvgIpc) is 2.81. The second kappa shape index (κ2) is 8.52. The molecule has 1 aromatic rings. The Kier molecular flexibility index (Phi) is 7.03. The number of hydrogen-bond acceptors (Lipinski definition) is 6. The van der Waals surface area contributed by atoms with Crippen LogP contribution < -0.4 is 11.1 Å². The lowest BCUT2D eigenvalue weighted by Gasteiger charge is -2.07. The Morgan fingerprint density at radius 1 is 1.36 bits per heavy atom. The normalized spacial score (nSPS) is 11.3. The van der Waals surface area contributed by atoms with Crippen LogP contribution in [0, 0.1) is 0 Å². The Morgan fingerprint density at radius 2 is 2.09 bits per heavy atom. The van der Waals surface area contributed by atoms with Crippen molar-refractivity contribution in [3.8, 4) is 0 Å². The van der Waals surface area contributed by atoms with E-state index in [1.54, 1.807) is 0 Å². The summed E-state index contributed by atoms with van der Waals surface area (Å²) >= 11 is 0. The van der Waals surface area contributed by atoms with Crippen molar-refractivity contribution < 1.29 is 13.2 Å². The minimum Gasteiger partial charge on any atom is -0.368 e. The Hall–Kier alpha value is -1.90. The molecule has 0 spiro atoms. The van der Waals surface area contributed by atoms with E-state index in [0.29, 0.717) is 6.54 Å². The maximum atomic E-state index is 12.2. The number of aromatic nitrogens is 3. The third kappa shape index (κ3) is 5.14. The van der Waals surface area contributed by atoms with Crippen LogP contribution in [0.25, 0.3) is 0 Å². The van der Waals surface area contributed by atoms with E-state index < -0.39 is 21.5 Å². The molecule has 0 aromatic carbocycles. The number of hydrogen-bond donors (Lipinski definition) is 2. The fraction of sp³-hybridized carbons (Fsp3) is 0.615. The molecule has 0 atom stereocenters. The monoisotopic (exact) mass is 329 g/mol. The summed E-state index contributed by atoms with van der Waals surface area (Å²) in [6.45, 7) is 6.24. The van der Waals surface area contributed by atoms with Gasteiger partial charge in [0.1, 0.15) is 5.75 Å². The first-order chi connectivity index (χ1) is 10.4. The minimum absolute atomic E-state index is 0.0292. The second-order valence-corrected chi connectivity index (χ2v) is 6.79. The number of carbonyl (C=O) groups is 1. The SMILES string of the molecule is C=CCn1c(N)nnc1S(=O)(=O)CC(=O)NCCCCCC. The molecule has 9 heteroatoms. The molecule has 22 heavy (non-hydrogen) atoms. The molecule has 0 fully saturated rings. The molecule has 3 N–H and O–H groups in total. The molecule has 0 unspecified atom stereocenters. The Labute approximate surface area is 130 Å². The number of rotatable bonds is 10. The number of anilines is 1. The molecule has 1 rings (SSSR count). The van der Waals surface area contributed by atoms with Crippen molar-refractivity contribution >= 4 is 21.7 Å². The van der Waals surface area contributed by atoms with Crippen LogP contribution in [0.4, 0.5) is 5.95 Å². The molecule has 0 aliphatic rings. The number of sulfone groups is 1. The van der Waals surface area contributed by atoms with Gasteiger partial charge in [0.05, 0.1) is 0 Å². The lowest BCUT2D eigenvalue weighted by molar-refractivity contribution is -0.118. The van der Waals surface area contributed by atoms with E-state index in [1.165, 1.54) is 10.6 Å². The Bertz CT molecular complexity index is 609. The standard InChI is InChI=1S/C13H23N5O3S/c1-3-5-6-7-8-15-11(19)10-22(20,21)13-17-16-12(14)18(13)9-4-2/h4H,2-3,5-10H2,1H3,(H2,14,16)(H,15,19). The number of unbranched alkanes of at least 4 members (excludes halogenated alkanes) is 3. The van der Waals surface area contributed by atoms with E-state index in [-0.39, 0.29) is 17.6 Å². The zero-order valence-electron chi connectivity index (χ0n) is 12.8. The summed E-state index contributed by atoms with van der Waals surface area (Å²) in [6, 6.07) is 0. The highest BCUT2D eigenvalue weighted by Crippen LogP contribution is 2.12. The summed E-state index contributed by atoms with van der Waals surface area (Å²) in [5.41, 5.74) is 5.56. The van der Waals surface area contributed by atoms with Crippen molar-refractivity contribution in [1.29, 1.82) is 0 Å². The molecule has 124 valence electrons. The van der Waals surface area contributed by atoms with Crippen LogP contribution in [0.1, 0.15) is 32.6 Å². The number of nitrogens with zero attached hydrogens (tertiary/aromatic N) is 3. The molecular weight excluding hydrogens is 306 g/mol. The van der Waals surface area contributed by atoms with Gasteiger partial charge in [-0.3, -0.25) is 9.36 Å².